The van der Waals surface area contributed by atoms with Crippen molar-refractivity contribution in [3.05, 3.63) is 48.0 Å². The van der Waals surface area contributed by atoms with Gasteiger partial charge in [0, 0.05) is 0 Å². The third kappa shape index (κ3) is 2.02. The van der Waals surface area contributed by atoms with E-state index in [9.17, 15) is 5.11 Å². The number of rotatable bonds is 2. The van der Waals surface area contributed by atoms with Gasteiger partial charge in [-0.25, -0.2) is 0 Å². The summed E-state index contributed by atoms with van der Waals surface area (Å²) in [6, 6.07) is 15.8. The number of fused-ring (bicyclic) bond motifs is 1. The molecular formula is C15H15NO. The Hall–Kier alpha value is -1.85. The summed E-state index contributed by atoms with van der Waals surface area (Å²) in [6.07, 6.45) is -0.779. The second-order valence-electron chi connectivity index (χ2n) is 4.80. The summed E-state index contributed by atoms with van der Waals surface area (Å²) in [5.41, 5.74) is 0.0269. The zero-order chi connectivity index (χ0) is 12.5. The first-order valence-corrected chi connectivity index (χ1v) is 5.63. The van der Waals surface area contributed by atoms with Gasteiger partial charge in [-0.2, -0.15) is 5.26 Å². The van der Waals surface area contributed by atoms with Crippen LogP contribution < -0.4 is 0 Å². The maximum atomic E-state index is 10.3. The quantitative estimate of drug-likeness (QED) is 0.851. The summed E-state index contributed by atoms with van der Waals surface area (Å²) < 4.78 is 0. The highest BCUT2D eigenvalue weighted by atomic mass is 16.3. The van der Waals surface area contributed by atoms with Gasteiger partial charge in [0.1, 0.15) is 0 Å². The smallest absolute Gasteiger partial charge is 0.0976 e. The van der Waals surface area contributed by atoms with Gasteiger partial charge in [-0.15, -0.1) is 0 Å². The molecule has 0 fully saturated rings. The summed E-state index contributed by atoms with van der Waals surface area (Å²) >= 11 is 0. The normalized spacial score (nSPS) is 13.3. The summed E-state index contributed by atoms with van der Waals surface area (Å²) in [4.78, 5) is 0. The molecule has 0 aliphatic heterocycles. The minimum absolute atomic E-state index is 0.779. The van der Waals surface area contributed by atoms with Crippen LogP contribution in [0, 0.1) is 16.7 Å². The van der Waals surface area contributed by atoms with E-state index in [4.69, 9.17) is 5.26 Å². The highest BCUT2D eigenvalue weighted by molar-refractivity contribution is 5.86. The van der Waals surface area contributed by atoms with Crippen LogP contribution in [0.4, 0.5) is 0 Å². The second kappa shape index (κ2) is 4.20. The molecule has 0 aromatic heterocycles. The molecule has 0 saturated heterocycles. The van der Waals surface area contributed by atoms with E-state index >= 15 is 0 Å². The van der Waals surface area contributed by atoms with Crippen LogP contribution in [-0.4, -0.2) is 5.11 Å². The average Bonchev–Trinajstić information content (AvgIpc) is 2.37. The Morgan fingerprint density at radius 3 is 2.47 bits per heavy atom. The molecule has 17 heavy (non-hydrogen) atoms. The molecule has 2 rings (SSSR count). The highest BCUT2D eigenvalue weighted by Gasteiger charge is 2.29. The van der Waals surface area contributed by atoms with Crippen molar-refractivity contribution < 1.29 is 5.11 Å². The molecule has 0 saturated carbocycles. The zero-order valence-corrected chi connectivity index (χ0v) is 10.0. The molecule has 2 nitrogen and oxygen atoms in total. The van der Waals surface area contributed by atoms with Gasteiger partial charge in [0.25, 0.3) is 0 Å². The first-order chi connectivity index (χ1) is 8.06. The topological polar surface area (TPSA) is 44.0 Å². The van der Waals surface area contributed by atoms with Gasteiger partial charge in [-0.1, -0.05) is 42.5 Å². The van der Waals surface area contributed by atoms with E-state index in [0.717, 1.165) is 16.3 Å². The van der Waals surface area contributed by atoms with Gasteiger partial charge in [0.05, 0.1) is 17.6 Å². The van der Waals surface area contributed by atoms with Crippen molar-refractivity contribution in [2.75, 3.05) is 0 Å². The first-order valence-electron chi connectivity index (χ1n) is 5.63. The standard InChI is InChI=1S/C15H15NO/c1-15(2,10-16)14(17)13-9-5-7-11-6-3-4-8-12(11)13/h3-9,14,17H,1-2H3. The lowest BCUT2D eigenvalue weighted by Gasteiger charge is -2.24. The number of hydrogen-bond acceptors (Lipinski definition) is 2. The van der Waals surface area contributed by atoms with Crippen LogP contribution in [-0.2, 0) is 0 Å². The number of aliphatic hydroxyl groups excluding tert-OH is 1. The van der Waals surface area contributed by atoms with Crippen LogP contribution in [0.25, 0.3) is 10.8 Å². The van der Waals surface area contributed by atoms with Gasteiger partial charge in [-0.3, -0.25) is 0 Å². The average molecular weight is 225 g/mol. The monoisotopic (exact) mass is 225 g/mol. The Morgan fingerprint density at radius 2 is 1.76 bits per heavy atom. The van der Waals surface area contributed by atoms with Crippen molar-refractivity contribution in [3.8, 4) is 6.07 Å². The number of aliphatic hydroxyl groups is 1. The largest absolute Gasteiger partial charge is 0.387 e. The van der Waals surface area contributed by atoms with Crippen LogP contribution >= 0.6 is 0 Å². The van der Waals surface area contributed by atoms with Gasteiger partial charge in [0.2, 0.25) is 0 Å². The maximum absolute atomic E-state index is 10.3. The van der Waals surface area contributed by atoms with E-state index in [2.05, 4.69) is 6.07 Å². The van der Waals surface area contributed by atoms with Crippen LogP contribution in [0.15, 0.2) is 42.5 Å². The number of benzene rings is 2. The molecule has 0 amide bonds. The van der Waals surface area contributed by atoms with Gasteiger partial charge in [-0.05, 0) is 30.2 Å². The molecule has 1 N–H and O–H groups in total. The van der Waals surface area contributed by atoms with E-state index in [1.807, 2.05) is 42.5 Å². The third-order valence-electron chi connectivity index (χ3n) is 3.09. The zero-order valence-electron chi connectivity index (χ0n) is 10.0. The predicted octanol–water partition coefficient (Wildman–Crippen LogP) is 3.42. The fourth-order valence-electron chi connectivity index (χ4n) is 1.94. The lowest BCUT2D eigenvalue weighted by atomic mass is 9.82. The van der Waals surface area contributed by atoms with Crippen molar-refractivity contribution >= 4 is 10.8 Å². The van der Waals surface area contributed by atoms with Crippen molar-refractivity contribution in [1.29, 1.82) is 5.26 Å². The fraction of sp³-hybridized carbons (Fsp3) is 0.267. The number of nitriles is 1. The van der Waals surface area contributed by atoms with Gasteiger partial charge in [0.15, 0.2) is 0 Å². The molecule has 2 heteroatoms. The summed E-state index contributed by atoms with van der Waals surface area (Å²) in [5, 5.41) is 21.5. The molecule has 0 aliphatic carbocycles. The minimum atomic E-state index is -0.788. The molecule has 2 aromatic rings. The SMILES string of the molecule is CC(C)(C#N)C(O)c1cccc2ccccc12. The van der Waals surface area contributed by atoms with E-state index in [1.165, 1.54) is 0 Å². The predicted molar refractivity (Wildman–Crippen MR) is 68.3 cm³/mol. The molecule has 0 spiro atoms. The lowest BCUT2D eigenvalue weighted by Crippen LogP contribution is -2.20. The Balaban J connectivity index is 2.61. The summed E-state index contributed by atoms with van der Waals surface area (Å²) in [5.74, 6) is 0. The van der Waals surface area contributed by atoms with Crippen molar-refractivity contribution in [2.24, 2.45) is 5.41 Å². The summed E-state index contributed by atoms with van der Waals surface area (Å²) in [6.45, 7) is 3.50. The molecule has 0 heterocycles. The van der Waals surface area contributed by atoms with Gasteiger partial charge >= 0.3 is 0 Å². The number of nitrogens with zero attached hydrogens (tertiary/aromatic N) is 1. The van der Waals surface area contributed by atoms with Crippen LogP contribution in [0.2, 0.25) is 0 Å². The van der Waals surface area contributed by atoms with Crippen LogP contribution in [0.1, 0.15) is 25.5 Å². The Morgan fingerprint density at radius 1 is 1.12 bits per heavy atom. The molecule has 2 aromatic carbocycles. The molecule has 0 radical (unpaired) electrons. The molecule has 1 unspecified atom stereocenters. The first kappa shape index (κ1) is 11.6. The van der Waals surface area contributed by atoms with Crippen LogP contribution in [0.3, 0.4) is 0 Å². The highest BCUT2D eigenvalue weighted by Crippen LogP contribution is 2.35. The lowest BCUT2D eigenvalue weighted by molar-refractivity contribution is 0.0881. The Kier molecular flexibility index (Phi) is 2.87. The third-order valence-corrected chi connectivity index (χ3v) is 3.09. The molecule has 0 bridgehead atoms. The Bertz CT molecular complexity index is 575. The molecule has 0 aliphatic rings. The van der Waals surface area contributed by atoms with E-state index in [1.54, 1.807) is 13.8 Å². The second-order valence-corrected chi connectivity index (χ2v) is 4.80. The molecule has 1 atom stereocenters. The van der Waals surface area contributed by atoms with E-state index in [0.29, 0.717) is 0 Å². The number of hydrogen-bond donors (Lipinski definition) is 1. The van der Waals surface area contributed by atoms with E-state index in [-0.39, 0.29) is 0 Å². The summed E-state index contributed by atoms with van der Waals surface area (Å²) in [7, 11) is 0. The fourth-order valence-corrected chi connectivity index (χ4v) is 1.94. The maximum Gasteiger partial charge on any atom is 0.0976 e. The Labute approximate surface area is 101 Å². The van der Waals surface area contributed by atoms with Crippen molar-refractivity contribution in [3.63, 3.8) is 0 Å². The molecule has 86 valence electrons. The minimum Gasteiger partial charge on any atom is -0.387 e. The van der Waals surface area contributed by atoms with Crippen LogP contribution in [0.5, 0.6) is 0 Å². The van der Waals surface area contributed by atoms with E-state index < -0.39 is 11.5 Å². The van der Waals surface area contributed by atoms with Crippen molar-refractivity contribution in [2.45, 2.75) is 20.0 Å². The van der Waals surface area contributed by atoms with Gasteiger partial charge < -0.3 is 5.11 Å². The van der Waals surface area contributed by atoms with Crippen molar-refractivity contribution in [1.82, 2.24) is 0 Å². The molecular weight excluding hydrogens is 210 g/mol.